The van der Waals surface area contributed by atoms with E-state index in [2.05, 4.69) is 5.32 Å². The fourth-order valence-electron chi connectivity index (χ4n) is 2.10. The predicted molar refractivity (Wildman–Crippen MR) is 74.6 cm³/mol. The molecule has 1 rings (SSSR count). The molecule has 0 unspecified atom stereocenters. The highest BCUT2D eigenvalue weighted by Gasteiger charge is 2.27. The van der Waals surface area contributed by atoms with E-state index in [0.717, 1.165) is 0 Å². The smallest absolute Gasteiger partial charge is 0.215 e. The van der Waals surface area contributed by atoms with Crippen LogP contribution in [0.15, 0.2) is 0 Å². The molecule has 0 radical (unpaired) electrons. The molecule has 0 atom stereocenters. The highest BCUT2D eigenvalue weighted by Crippen LogP contribution is 2.16. The van der Waals surface area contributed by atoms with Crippen LogP contribution in [-0.2, 0) is 14.8 Å². The fourth-order valence-corrected chi connectivity index (χ4v) is 3.50. The van der Waals surface area contributed by atoms with Gasteiger partial charge in [0.15, 0.2) is 0 Å². The second-order valence-corrected chi connectivity index (χ2v) is 7.21. The monoisotopic (exact) mass is 294 g/mol. The first-order valence-electron chi connectivity index (χ1n) is 6.89. The molecule has 0 amide bonds. The van der Waals surface area contributed by atoms with Gasteiger partial charge in [-0.25, -0.2) is 12.7 Å². The highest BCUT2D eigenvalue weighted by atomic mass is 32.2. The van der Waals surface area contributed by atoms with Gasteiger partial charge >= 0.3 is 0 Å². The number of ether oxygens (including phenoxy) is 1. The standard InChI is InChI=1S/C12H26N2O4S/c1-11(2)13-5-10-19(16,17)14-6-3-12(4-7-14)18-9-8-15/h11-13,15H,3-10H2,1-2H3. The topological polar surface area (TPSA) is 78.9 Å². The molecule has 1 fully saturated rings. The number of piperidine rings is 1. The molecule has 1 heterocycles. The second kappa shape index (κ2) is 8.16. The molecule has 114 valence electrons. The van der Waals surface area contributed by atoms with Crippen LogP contribution in [0.25, 0.3) is 0 Å². The van der Waals surface area contributed by atoms with Gasteiger partial charge < -0.3 is 15.2 Å². The molecule has 0 saturated carbocycles. The summed E-state index contributed by atoms with van der Waals surface area (Å²) in [6.45, 7) is 5.85. The molecule has 1 saturated heterocycles. The van der Waals surface area contributed by atoms with Gasteiger partial charge in [-0.3, -0.25) is 0 Å². The number of rotatable bonds is 8. The summed E-state index contributed by atoms with van der Waals surface area (Å²) in [5.74, 6) is 0.146. The third-order valence-electron chi connectivity index (χ3n) is 3.15. The highest BCUT2D eigenvalue weighted by molar-refractivity contribution is 7.89. The van der Waals surface area contributed by atoms with E-state index in [1.54, 1.807) is 4.31 Å². The van der Waals surface area contributed by atoms with Crippen molar-refractivity contribution >= 4 is 10.0 Å². The van der Waals surface area contributed by atoms with Crippen molar-refractivity contribution in [3.63, 3.8) is 0 Å². The van der Waals surface area contributed by atoms with Gasteiger partial charge in [0, 0.05) is 25.7 Å². The summed E-state index contributed by atoms with van der Waals surface area (Å²) in [7, 11) is -3.16. The number of hydrogen-bond donors (Lipinski definition) is 2. The SMILES string of the molecule is CC(C)NCCS(=O)(=O)N1CCC(OCCO)CC1. The number of sulfonamides is 1. The lowest BCUT2D eigenvalue weighted by atomic mass is 10.1. The quantitative estimate of drug-likeness (QED) is 0.647. The Bertz CT molecular complexity index is 338. The zero-order valence-corrected chi connectivity index (χ0v) is 12.7. The summed E-state index contributed by atoms with van der Waals surface area (Å²) in [5.41, 5.74) is 0. The van der Waals surface area contributed by atoms with E-state index in [9.17, 15) is 8.42 Å². The van der Waals surface area contributed by atoms with Crippen LogP contribution in [0.3, 0.4) is 0 Å². The Kier molecular flexibility index (Phi) is 7.23. The maximum Gasteiger partial charge on any atom is 0.215 e. The van der Waals surface area contributed by atoms with Crippen molar-refractivity contribution in [2.24, 2.45) is 0 Å². The van der Waals surface area contributed by atoms with Crippen molar-refractivity contribution in [2.45, 2.75) is 38.8 Å². The first-order chi connectivity index (χ1) is 8.95. The van der Waals surface area contributed by atoms with Crippen LogP contribution in [0, 0.1) is 0 Å². The summed E-state index contributed by atoms with van der Waals surface area (Å²) in [6, 6.07) is 0.299. The third-order valence-corrected chi connectivity index (χ3v) is 5.02. The molecule has 1 aliphatic rings. The molecule has 1 aliphatic heterocycles. The van der Waals surface area contributed by atoms with Crippen molar-refractivity contribution in [3.05, 3.63) is 0 Å². The molecule has 0 aromatic carbocycles. The van der Waals surface area contributed by atoms with Crippen LogP contribution < -0.4 is 5.32 Å². The molecule has 0 bridgehead atoms. The minimum atomic E-state index is -3.16. The van der Waals surface area contributed by atoms with Crippen LogP contribution in [0.1, 0.15) is 26.7 Å². The van der Waals surface area contributed by atoms with Crippen molar-refractivity contribution < 1.29 is 18.3 Å². The minimum absolute atomic E-state index is 0.0133. The fraction of sp³-hybridized carbons (Fsp3) is 1.00. The Hall–Kier alpha value is -0.210. The number of nitrogens with zero attached hydrogens (tertiary/aromatic N) is 1. The third kappa shape index (κ3) is 6.18. The van der Waals surface area contributed by atoms with Gasteiger partial charge in [0.25, 0.3) is 0 Å². The number of aliphatic hydroxyl groups is 1. The summed E-state index contributed by atoms with van der Waals surface area (Å²) < 4.78 is 31.2. The Morgan fingerprint density at radius 1 is 1.37 bits per heavy atom. The zero-order valence-electron chi connectivity index (χ0n) is 11.8. The van der Waals surface area contributed by atoms with Crippen molar-refractivity contribution in [3.8, 4) is 0 Å². The van der Waals surface area contributed by atoms with E-state index in [4.69, 9.17) is 9.84 Å². The van der Waals surface area contributed by atoms with Crippen molar-refractivity contribution in [1.29, 1.82) is 0 Å². The van der Waals surface area contributed by atoms with Crippen LogP contribution >= 0.6 is 0 Å². The lowest BCUT2D eigenvalue weighted by molar-refractivity contribution is 0.00319. The van der Waals surface area contributed by atoms with Crippen molar-refractivity contribution in [1.82, 2.24) is 9.62 Å². The molecule has 0 spiro atoms. The summed E-state index contributed by atoms with van der Waals surface area (Å²) in [4.78, 5) is 0. The average molecular weight is 294 g/mol. The predicted octanol–water partition coefficient (Wildman–Crippen LogP) is -0.212. The maximum atomic E-state index is 12.1. The molecule has 0 aliphatic carbocycles. The van der Waals surface area contributed by atoms with Gasteiger partial charge in [0.05, 0.1) is 25.1 Å². The molecular weight excluding hydrogens is 268 g/mol. The van der Waals surface area contributed by atoms with Crippen LogP contribution in [0.4, 0.5) is 0 Å². The van der Waals surface area contributed by atoms with Gasteiger partial charge in [-0.05, 0) is 12.8 Å². The Labute approximate surface area is 116 Å². The largest absolute Gasteiger partial charge is 0.394 e. The molecule has 0 aromatic heterocycles. The van der Waals surface area contributed by atoms with E-state index >= 15 is 0 Å². The van der Waals surface area contributed by atoms with E-state index in [1.807, 2.05) is 13.8 Å². The Balaban J connectivity index is 2.32. The molecule has 19 heavy (non-hydrogen) atoms. The van der Waals surface area contributed by atoms with Crippen LogP contribution in [0.2, 0.25) is 0 Å². The molecule has 2 N–H and O–H groups in total. The van der Waals surface area contributed by atoms with Gasteiger partial charge in [-0.2, -0.15) is 0 Å². The van der Waals surface area contributed by atoms with Gasteiger partial charge in [-0.15, -0.1) is 0 Å². The first kappa shape index (κ1) is 16.8. The van der Waals surface area contributed by atoms with E-state index < -0.39 is 10.0 Å². The second-order valence-electron chi connectivity index (χ2n) is 5.12. The number of nitrogens with one attached hydrogen (secondary N) is 1. The lowest BCUT2D eigenvalue weighted by Crippen LogP contribution is -2.43. The number of aliphatic hydroxyl groups excluding tert-OH is 1. The van der Waals surface area contributed by atoms with Crippen LogP contribution in [-0.4, -0.2) is 68.6 Å². The normalized spacial score (nSPS) is 19.2. The van der Waals surface area contributed by atoms with Crippen molar-refractivity contribution in [2.75, 3.05) is 38.6 Å². The van der Waals surface area contributed by atoms with Crippen LogP contribution in [0.5, 0.6) is 0 Å². The summed E-state index contributed by atoms with van der Waals surface area (Å²) in [5, 5.41) is 11.8. The van der Waals surface area contributed by atoms with E-state index in [-0.39, 0.29) is 18.5 Å². The van der Waals surface area contributed by atoms with E-state index in [0.29, 0.717) is 45.1 Å². The maximum absolute atomic E-state index is 12.1. The summed E-state index contributed by atoms with van der Waals surface area (Å²) >= 11 is 0. The molecule has 0 aromatic rings. The first-order valence-corrected chi connectivity index (χ1v) is 8.50. The molecular formula is C12H26N2O4S. The molecule has 7 heteroatoms. The molecule has 6 nitrogen and oxygen atoms in total. The van der Waals surface area contributed by atoms with E-state index in [1.165, 1.54) is 0 Å². The Morgan fingerprint density at radius 3 is 2.53 bits per heavy atom. The Morgan fingerprint density at radius 2 is 2.00 bits per heavy atom. The zero-order chi connectivity index (χ0) is 14.3. The minimum Gasteiger partial charge on any atom is -0.394 e. The summed E-state index contributed by atoms with van der Waals surface area (Å²) in [6.07, 6.45) is 1.49. The van der Waals surface area contributed by atoms with Gasteiger partial charge in [0.2, 0.25) is 10.0 Å². The van der Waals surface area contributed by atoms with Gasteiger partial charge in [-0.1, -0.05) is 13.8 Å². The lowest BCUT2D eigenvalue weighted by Gasteiger charge is -2.31. The van der Waals surface area contributed by atoms with Gasteiger partial charge in [0.1, 0.15) is 0 Å². The number of hydrogen-bond acceptors (Lipinski definition) is 5. The average Bonchev–Trinajstić information content (AvgIpc) is 2.36.